The van der Waals surface area contributed by atoms with Gasteiger partial charge < -0.3 is 15.0 Å². The van der Waals surface area contributed by atoms with Crippen LogP contribution >= 0.6 is 23.2 Å². The van der Waals surface area contributed by atoms with Gasteiger partial charge in [0.1, 0.15) is 11.8 Å². The lowest BCUT2D eigenvalue weighted by Crippen LogP contribution is -2.51. The van der Waals surface area contributed by atoms with Crippen molar-refractivity contribution in [3.8, 4) is 5.75 Å². The molecular weight excluding hydrogens is 423 g/mol. The van der Waals surface area contributed by atoms with Crippen molar-refractivity contribution in [2.45, 2.75) is 45.7 Å². The molecule has 2 rings (SSSR count). The Kier molecular flexibility index (Phi) is 9.47. The quantitative estimate of drug-likeness (QED) is 0.568. The number of benzene rings is 2. The third kappa shape index (κ3) is 7.22. The molecule has 7 heteroatoms. The molecular formula is C23H28Cl2N2O3. The second-order valence-electron chi connectivity index (χ2n) is 7.18. The van der Waals surface area contributed by atoms with Gasteiger partial charge >= 0.3 is 0 Å². The highest BCUT2D eigenvalue weighted by Gasteiger charge is 2.26. The van der Waals surface area contributed by atoms with E-state index in [2.05, 4.69) is 5.32 Å². The predicted octanol–water partition coefficient (Wildman–Crippen LogP) is 4.75. The fourth-order valence-corrected chi connectivity index (χ4v) is 3.31. The summed E-state index contributed by atoms with van der Waals surface area (Å²) in [6, 6.07) is 14.1. The Morgan fingerprint density at radius 2 is 1.80 bits per heavy atom. The van der Waals surface area contributed by atoms with Crippen LogP contribution in [0.2, 0.25) is 10.0 Å². The van der Waals surface area contributed by atoms with Crippen LogP contribution in [-0.4, -0.2) is 41.9 Å². The molecule has 5 nitrogen and oxygen atoms in total. The molecule has 2 amide bonds. The molecule has 0 aromatic heterocycles. The standard InChI is InChI=1S/C23H28Cl2N2O3/c1-4-16(2)26-23(29)17(3)27(13-12-18-8-6-5-7-9-18)22(28)15-30-21-11-10-19(24)14-20(21)25/h5-11,14,16-17H,4,12-13,15H2,1-3H3,(H,26,29)/t16-,17-/m1/s1. The monoisotopic (exact) mass is 450 g/mol. The number of carbonyl (C=O) groups excluding carboxylic acids is 2. The van der Waals surface area contributed by atoms with Crippen LogP contribution in [-0.2, 0) is 16.0 Å². The number of nitrogens with zero attached hydrogens (tertiary/aromatic N) is 1. The zero-order chi connectivity index (χ0) is 22.1. The van der Waals surface area contributed by atoms with E-state index in [1.54, 1.807) is 30.0 Å². The molecule has 0 aliphatic carbocycles. The van der Waals surface area contributed by atoms with Crippen LogP contribution in [0.5, 0.6) is 5.75 Å². The summed E-state index contributed by atoms with van der Waals surface area (Å²) in [6.07, 6.45) is 1.45. The Balaban J connectivity index is 2.09. The third-order valence-corrected chi connectivity index (χ3v) is 5.43. The van der Waals surface area contributed by atoms with E-state index in [9.17, 15) is 9.59 Å². The van der Waals surface area contributed by atoms with E-state index in [0.717, 1.165) is 12.0 Å². The van der Waals surface area contributed by atoms with Crippen molar-refractivity contribution >= 4 is 35.0 Å². The maximum Gasteiger partial charge on any atom is 0.261 e. The van der Waals surface area contributed by atoms with Gasteiger partial charge in [-0.2, -0.15) is 0 Å². The predicted molar refractivity (Wildman–Crippen MR) is 121 cm³/mol. The molecule has 0 radical (unpaired) electrons. The van der Waals surface area contributed by atoms with Crippen molar-refractivity contribution in [1.82, 2.24) is 10.2 Å². The van der Waals surface area contributed by atoms with Gasteiger partial charge in [-0.3, -0.25) is 9.59 Å². The molecule has 162 valence electrons. The number of hydrogen-bond acceptors (Lipinski definition) is 3. The molecule has 0 heterocycles. The van der Waals surface area contributed by atoms with E-state index in [0.29, 0.717) is 28.8 Å². The fraction of sp³-hybridized carbons (Fsp3) is 0.391. The molecule has 2 atom stereocenters. The maximum absolute atomic E-state index is 13.0. The van der Waals surface area contributed by atoms with Gasteiger partial charge in [-0.1, -0.05) is 60.5 Å². The minimum Gasteiger partial charge on any atom is -0.482 e. The summed E-state index contributed by atoms with van der Waals surface area (Å²) >= 11 is 12.0. The summed E-state index contributed by atoms with van der Waals surface area (Å²) in [5.41, 5.74) is 1.09. The van der Waals surface area contributed by atoms with E-state index in [1.165, 1.54) is 0 Å². The van der Waals surface area contributed by atoms with Crippen LogP contribution in [0.4, 0.5) is 0 Å². The van der Waals surface area contributed by atoms with E-state index >= 15 is 0 Å². The smallest absolute Gasteiger partial charge is 0.261 e. The molecule has 2 aromatic carbocycles. The lowest BCUT2D eigenvalue weighted by Gasteiger charge is -2.29. The first-order valence-electron chi connectivity index (χ1n) is 10.0. The number of amides is 2. The number of ether oxygens (including phenoxy) is 1. The van der Waals surface area contributed by atoms with E-state index < -0.39 is 6.04 Å². The van der Waals surface area contributed by atoms with E-state index in [4.69, 9.17) is 27.9 Å². The highest BCUT2D eigenvalue weighted by Crippen LogP contribution is 2.27. The molecule has 1 N–H and O–H groups in total. The van der Waals surface area contributed by atoms with E-state index in [-0.39, 0.29) is 24.5 Å². The first-order valence-corrected chi connectivity index (χ1v) is 10.8. The van der Waals surface area contributed by atoms with Crippen LogP contribution in [0.25, 0.3) is 0 Å². The average Bonchev–Trinajstić information content (AvgIpc) is 2.73. The van der Waals surface area contributed by atoms with Gasteiger partial charge in [-0.25, -0.2) is 0 Å². The van der Waals surface area contributed by atoms with Crippen molar-refractivity contribution in [3.63, 3.8) is 0 Å². The van der Waals surface area contributed by atoms with Crippen molar-refractivity contribution in [2.75, 3.05) is 13.2 Å². The molecule has 0 aliphatic heterocycles. The second-order valence-corrected chi connectivity index (χ2v) is 8.02. The van der Waals surface area contributed by atoms with Gasteiger partial charge in [-0.05, 0) is 50.5 Å². The SMILES string of the molecule is CC[C@@H](C)NC(=O)[C@@H](C)N(CCc1ccccc1)C(=O)COc1ccc(Cl)cc1Cl. The zero-order valence-electron chi connectivity index (χ0n) is 17.5. The molecule has 0 saturated heterocycles. The Hall–Kier alpha value is -2.24. The normalized spacial score (nSPS) is 12.7. The number of rotatable bonds is 10. The van der Waals surface area contributed by atoms with Crippen molar-refractivity contribution in [2.24, 2.45) is 0 Å². The minimum absolute atomic E-state index is 0.0372. The van der Waals surface area contributed by atoms with Crippen molar-refractivity contribution in [3.05, 3.63) is 64.1 Å². The molecule has 30 heavy (non-hydrogen) atoms. The Labute approximate surface area is 188 Å². The summed E-state index contributed by atoms with van der Waals surface area (Å²) < 4.78 is 5.61. The lowest BCUT2D eigenvalue weighted by molar-refractivity contribution is -0.141. The van der Waals surface area contributed by atoms with Gasteiger partial charge in [0.15, 0.2) is 6.61 Å². The van der Waals surface area contributed by atoms with Gasteiger partial charge in [0.05, 0.1) is 5.02 Å². The molecule has 0 fully saturated rings. The number of nitrogens with one attached hydrogen (secondary N) is 1. The Morgan fingerprint density at radius 1 is 1.10 bits per heavy atom. The van der Waals surface area contributed by atoms with Crippen molar-refractivity contribution < 1.29 is 14.3 Å². The Bertz CT molecular complexity index is 846. The topological polar surface area (TPSA) is 58.6 Å². The summed E-state index contributed by atoms with van der Waals surface area (Å²) in [7, 11) is 0. The molecule has 0 unspecified atom stereocenters. The van der Waals surface area contributed by atoms with Crippen LogP contribution in [0.3, 0.4) is 0 Å². The molecule has 0 saturated carbocycles. The fourth-order valence-electron chi connectivity index (χ4n) is 2.85. The van der Waals surface area contributed by atoms with Crippen LogP contribution in [0, 0.1) is 0 Å². The molecule has 0 bridgehead atoms. The van der Waals surface area contributed by atoms with Crippen LogP contribution in [0.1, 0.15) is 32.8 Å². The summed E-state index contributed by atoms with van der Waals surface area (Å²) in [6.45, 7) is 5.84. The third-order valence-electron chi connectivity index (χ3n) is 4.90. The number of halogens is 2. The highest BCUT2D eigenvalue weighted by atomic mass is 35.5. The van der Waals surface area contributed by atoms with E-state index in [1.807, 2.05) is 44.2 Å². The zero-order valence-corrected chi connectivity index (χ0v) is 19.0. The van der Waals surface area contributed by atoms with Crippen LogP contribution in [0.15, 0.2) is 48.5 Å². The van der Waals surface area contributed by atoms with Gasteiger partial charge in [-0.15, -0.1) is 0 Å². The van der Waals surface area contributed by atoms with Gasteiger partial charge in [0.2, 0.25) is 5.91 Å². The first kappa shape index (κ1) is 24.0. The highest BCUT2D eigenvalue weighted by molar-refractivity contribution is 6.35. The summed E-state index contributed by atoms with van der Waals surface area (Å²) in [5, 5.41) is 3.75. The Morgan fingerprint density at radius 3 is 2.43 bits per heavy atom. The molecule has 2 aromatic rings. The molecule has 0 aliphatic rings. The minimum atomic E-state index is -0.625. The van der Waals surface area contributed by atoms with Gasteiger partial charge in [0.25, 0.3) is 5.91 Å². The maximum atomic E-state index is 13.0. The number of hydrogen-bond donors (Lipinski definition) is 1. The summed E-state index contributed by atoms with van der Waals surface area (Å²) in [5.74, 6) is -0.104. The number of carbonyl (C=O) groups is 2. The van der Waals surface area contributed by atoms with Crippen LogP contribution < -0.4 is 10.1 Å². The van der Waals surface area contributed by atoms with Gasteiger partial charge in [0, 0.05) is 17.6 Å². The second kappa shape index (κ2) is 11.8. The lowest BCUT2D eigenvalue weighted by atomic mass is 10.1. The molecule has 0 spiro atoms. The average molecular weight is 451 g/mol. The largest absolute Gasteiger partial charge is 0.482 e. The van der Waals surface area contributed by atoms with Crippen molar-refractivity contribution in [1.29, 1.82) is 0 Å². The summed E-state index contributed by atoms with van der Waals surface area (Å²) in [4.78, 5) is 27.2. The first-order chi connectivity index (χ1) is 14.3.